The van der Waals surface area contributed by atoms with E-state index in [1.54, 1.807) is 30.3 Å². The number of hydrogen-bond donors (Lipinski definition) is 0. The summed E-state index contributed by atoms with van der Waals surface area (Å²) in [5.74, 6) is 0. The highest BCUT2D eigenvalue weighted by Gasteiger charge is 2.11. The molecule has 0 aliphatic rings. The minimum Gasteiger partial charge on any atom is -0.298 e. The van der Waals surface area contributed by atoms with Gasteiger partial charge in [0.25, 0.3) is 5.70 Å². The van der Waals surface area contributed by atoms with E-state index in [0.29, 0.717) is 11.8 Å². The van der Waals surface area contributed by atoms with Crippen molar-refractivity contribution < 1.29 is 9.72 Å². The SMILES string of the molecule is O=C/C=C(/c1ccccc1)[N+](=O)[O-]. The summed E-state index contributed by atoms with van der Waals surface area (Å²) in [6.45, 7) is 0. The fraction of sp³-hybridized carbons (Fsp3) is 0. The Kier molecular flexibility index (Phi) is 2.92. The summed E-state index contributed by atoms with van der Waals surface area (Å²) in [5.41, 5.74) is 0.246. The molecule has 0 atom stereocenters. The lowest BCUT2D eigenvalue weighted by Gasteiger charge is -1.95. The van der Waals surface area contributed by atoms with Gasteiger partial charge in [0, 0.05) is 0 Å². The van der Waals surface area contributed by atoms with Crippen LogP contribution in [-0.4, -0.2) is 11.2 Å². The van der Waals surface area contributed by atoms with Crippen molar-refractivity contribution in [1.29, 1.82) is 0 Å². The lowest BCUT2D eigenvalue weighted by atomic mass is 10.1. The summed E-state index contributed by atoms with van der Waals surface area (Å²) in [5, 5.41) is 10.5. The minimum absolute atomic E-state index is 0.185. The Morgan fingerprint density at radius 3 is 2.38 bits per heavy atom. The van der Waals surface area contributed by atoms with Gasteiger partial charge in [0.15, 0.2) is 0 Å². The molecule has 0 N–H and O–H groups in total. The van der Waals surface area contributed by atoms with E-state index in [9.17, 15) is 14.9 Å². The summed E-state index contributed by atoms with van der Waals surface area (Å²) >= 11 is 0. The van der Waals surface area contributed by atoms with Crippen LogP contribution in [0.2, 0.25) is 0 Å². The van der Waals surface area contributed by atoms with Gasteiger partial charge in [-0.3, -0.25) is 14.9 Å². The van der Waals surface area contributed by atoms with Crippen LogP contribution >= 0.6 is 0 Å². The van der Waals surface area contributed by atoms with E-state index in [4.69, 9.17) is 0 Å². The Bertz CT molecular complexity index is 343. The van der Waals surface area contributed by atoms with Crippen molar-refractivity contribution >= 4 is 12.0 Å². The standard InChI is InChI=1S/C9H7NO3/c11-7-6-9(10(12)13)8-4-2-1-3-5-8/h1-7H/b9-6-. The van der Waals surface area contributed by atoms with Crippen molar-refractivity contribution in [3.8, 4) is 0 Å². The van der Waals surface area contributed by atoms with Gasteiger partial charge in [0.2, 0.25) is 0 Å². The highest BCUT2D eigenvalue weighted by Crippen LogP contribution is 2.12. The molecule has 0 heterocycles. The van der Waals surface area contributed by atoms with Crippen LogP contribution in [0.15, 0.2) is 36.4 Å². The van der Waals surface area contributed by atoms with Gasteiger partial charge in [-0.2, -0.15) is 0 Å². The minimum atomic E-state index is -0.580. The van der Waals surface area contributed by atoms with E-state index in [1.165, 1.54) is 0 Å². The Morgan fingerprint density at radius 1 is 1.31 bits per heavy atom. The van der Waals surface area contributed by atoms with Crippen LogP contribution in [-0.2, 0) is 4.79 Å². The predicted octanol–water partition coefficient (Wildman–Crippen LogP) is 1.50. The van der Waals surface area contributed by atoms with Crippen LogP contribution in [0.25, 0.3) is 5.70 Å². The molecule has 0 aromatic heterocycles. The normalized spacial score (nSPS) is 10.9. The summed E-state index contributed by atoms with van der Waals surface area (Å²) in [7, 11) is 0. The molecular formula is C9H7NO3. The average molecular weight is 177 g/mol. The number of benzene rings is 1. The zero-order valence-corrected chi connectivity index (χ0v) is 6.71. The van der Waals surface area contributed by atoms with Crippen LogP contribution in [0.1, 0.15) is 5.56 Å². The van der Waals surface area contributed by atoms with Crippen molar-refractivity contribution in [1.82, 2.24) is 0 Å². The highest BCUT2D eigenvalue weighted by molar-refractivity contribution is 5.77. The predicted molar refractivity (Wildman–Crippen MR) is 47.5 cm³/mol. The van der Waals surface area contributed by atoms with Crippen molar-refractivity contribution in [2.24, 2.45) is 0 Å². The molecule has 0 radical (unpaired) electrons. The van der Waals surface area contributed by atoms with Gasteiger partial charge >= 0.3 is 0 Å². The van der Waals surface area contributed by atoms with Crippen molar-refractivity contribution in [2.45, 2.75) is 0 Å². The summed E-state index contributed by atoms with van der Waals surface area (Å²) < 4.78 is 0. The van der Waals surface area contributed by atoms with Gasteiger partial charge in [0.05, 0.1) is 16.6 Å². The lowest BCUT2D eigenvalue weighted by Crippen LogP contribution is -1.97. The molecule has 0 saturated carbocycles. The first kappa shape index (κ1) is 9.12. The summed E-state index contributed by atoms with van der Waals surface area (Å²) in [6.07, 6.45) is 1.35. The van der Waals surface area contributed by atoms with Crippen molar-refractivity contribution in [2.75, 3.05) is 0 Å². The smallest absolute Gasteiger partial charge is 0.279 e. The monoisotopic (exact) mass is 177 g/mol. The molecule has 1 rings (SSSR count). The first-order valence-corrected chi connectivity index (χ1v) is 3.61. The van der Waals surface area contributed by atoms with E-state index in [2.05, 4.69) is 0 Å². The molecule has 66 valence electrons. The fourth-order valence-corrected chi connectivity index (χ4v) is 0.936. The van der Waals surface area contributed by atoms with Crippen molar-refractivity contribution in [3.63, 3.8) is 0 Å². The summed E-state index contributed by atoms with van der Waals surface area (Å²) in [4.78, 5) is 20.0. The number of carbonyl (C=O) groups excluding carboxylic acids is 1. The number of aldehydes is 1. The Morgan fingerprint density at radius 2 is 1.92 bits per heavy atom. The molecule has 0 bridgehead atoms. The van der Waals surface area contributed by atoms with E-state index in [0.717, 1.165) is 6.08 Å². The zero-order valence-electron chi connectivity index (χ0n) is 6.71. The first-order valence-electron chi connectivity index (χ1n) is 3.61. The van der Waals surface area contributed by atoms with Gasteiger partial charge in [-0.1, -0.05) is 18.2 Å². The number of nitro groups is 1. The molecule has 0 aliphatic carbocycles. The molecule has 0 aliphatic heterocycles. The van der Waals surface area contributed by atoms with Gasteiger partial charge in [-0.15, -0.1) is 0 Å². The van der Waals surface area contributed by atoms with E-state index in [1.807, 2.05) is 0 Å². The first-order chi connectivity index (χ1) is 6.25. The van der Waals surface area contributed by atoms with Crippen LogP contribution in [0.5, 0.6) is 0 Å². The maximum Gasteiger partial charge on any atom is 0.279 e. The molecule has 13 heavy (non-hydrogen) atoms. The number of hydrogen-bond acceptors (Lipinski definition) is 3. The lowest BCUT2D eigenvalue weighted by molar-refractivity contribution is -0.375. The molecule has 0 amide bonds. The molecule has 0 unspecified atom stereocenters. The Hall–Kier alpha value is -1.97. The van der Waals surface area contributed by atoms with Gasteiger partial charge < -0.3 is 0 Å². The van der Waals surface area contributed by atoms with Crippen LogP contribution in [0.4, 0.5) is 0 Å². The van der Waals surface area contributed by atoms with E-state index in [-0.39, 0.29) is 5.70 Å². The highest BCUT2D eigenvalue weighted by atomic mass is 16.6. The topological polar surface area (TPSA) is 60.2 Å². The van der Waals surface area contributed by atoms with Crippen molar-refractivity contribution in [3.05, 3.63) is 52.1 Å². The molecule has 1 aromatic carbocycles. The second kappa shape index (κ2) is 4.15. The maximum absolute atomic E-state index is 10.5. The van der Waals surface area contributed by atoms with E-state index < -0.39 is 4.92 Å². The van der Waals surface area contributed by atoms with Gasteiger partial charge in [-0.05, 0) is 12.1 Å². The summed E-state index contributed by atoms with van der Waals surface area (Å²) in [6, 6.07) is 8.27. The van der Waals surface area contributed by atoms with Gasteiger partial charge in [-0.25, -0.2) is 0 Å². The molecule has 1 aromatic rings. The van der Waals surface area contributed by atoms with Crippen LogP contribution < -0.4 is 0 Å². The second-order valence-electron chi connectivity index (χ2n) is 2.31. The molecule has 0 fully saturated rings. The third kappa shape index (κ3) is 2.23. The zero-order chi connectivity index (χ0) is 9.68. The molecule has 0 saturated heterocycles. The third-order valence-corrected chi connectivity index (χ3v) is 1.49. The number of nitrogens with zero attached hydrogens (tertiary/aromatic N) is 1. The van der Waals surface area contributed by atoms with Gasteiger partial charge in [0.1, 0.15) is 6.29 Å². The second-order valence-corrected chi connectivity index (χ2v) is 2.31. The maximum atomic E-state index is 10.5. The Balaban J connectivity index is 3.10. The van der Waals surface area contributed by atoms with Crippen LogP contribution in [0, 0.1) is 10.1 Å². The van der Waals surface area contributed by atoms with E-state index >= 15 is 0 Å². The molecule has 4 nitrogen and oxygen atoms in total. The number of carbonyl (C=O) groups is 1. The molecule has 4 heteroatoms. The quantitative estimate of drug-likeness (QED) is 0.304. The largest absolute Gasteiger partial charge is 0.298 e. The molecular weight excluding hydrogens is 170 g/mol. The van der Waals surface area contributed by atoms with Crippen LogP contribution in [0.3, 0.4) is 0 Å². The third-order valence-electron chi connectivity index (χ3n) is 1.49. The fourth-order valence-electron chi connectivity index (χ4n) is 0.936. The number of allylic oxidation sites excluding steroid dienone is 1. The number of rotatable bonds is 3. The molecule has 0 spiro atoms. The Labute approximate surface area is 74.7 Å². The average Bonchev–Trinajstić information content (AvgIpc) is 2.15.